The molecule has 8 atom stereocenters. The number of cyclic esters (lactones) is 1. The summed E-state index contributed by atoms with van der Waals surface area (Å²) < 4.78 is 19.2. The van der Waals surface area contributed by atoms with Gasteiger partial charge in [0.25, 0.3) is 0 Å². The van der Waals surface area contributed by atoms with Crippen LogP contribution >= 0.6 is 11.3 Å². The van der Waals surface area contributed by atoms with E-state index in [0.29, 0.717) is 24.1 Å². The fourth-order valence-electron chi connectivity index (χ4n) is 6.00. The normalized spacial score (nSPS) is 31.7. The van der Waals surface area contributed by atoms with Crippen LogP contribution in [0.3, 0.4) is 0 Å². The zero-order valence-electron chi connectivity index (χ0n) is 29.5. The lowest BCUT2D eigenvalue weighted by atomic mass is 9.87. The van der Waals surface area contributed by atoms with Crippen LogP contribution in [-0.4, -0.2) is 68.7 Å². The molecular formula is C38H57NO7S. The van der Waals surface area contributed by atoms with Gasteiger partial charge in [-0.1, -0.05) is 82.1 Å². The van der Waals surface area contributed by atoms with Gasteiger partial charge in [-0.25, -0.2) is 9.78 Å². The molecule has 0 radical (unpaired) electrons. The van der Waals surface area contributed by atoms with Crippen LogP contribution in [0, 0.1) is 5.92 Å². The molecule has 3 heterocycles. The van der Waals surface area contributed by atoms with Gasteiger partial charge >= 0.3 is 5.97 Å². The fourth-order valence-corrected chi connectivity index (χ4v) is 6.90. The number of allylic oxidation sites excluding steroid dienone is 5. The Morgan fingerprint density at radius 3 is 2.62 bits per heavy atom. The Morgan fingerprint density at radius 1 is 1.17 bits per heavy atom. The van der Waals surface area contributed by atoms with Crippen molar-refractivity contribution in [2.75, 3.05) is 0 Å². The standard InChI is InChI=1S/C38H57NO7S/c1-9-11-12-14-17-28-21-29-23-47-36(39-29)26(5)31(41)22-30(40)18-15-13-16-19-32(44-37(28)43)35-34(45-38(7,8)46-35)27(6)33(42)25(4)20-24(3)10-2/h10,13,15-16,18,20-21,23,26-27,30-35,40-42H,9,11-12,14,17,19,22H2,1-8H3/b16-13-,18-15-,24-10+,25-20+,28-21-/t26-,27+,30-,31+,32+,33-,34-,35+/m1/s1. The molecule has 47 heavy (non-hydrogen) atoms. The lowest BCUT2D eigenvalue weighted by Gasteiger charge is -2.31. The first-order chi connectivity index (χ1) is 22.3. The molecule has 262 valence electrons. The second-order valence-electron chi connectivity index (χ2n) is 13.5. The second kappa shape index (κ2) is 18.4. The van der Waals surface area contributed by atoms with Crippen LogP contribution in [0.2, 0.25) is 0 Å². The summed E-state index contributed by atoms with van der Waals surface area (Å²) in [4.78, 5) is 18.8. The van der Waals surface area contributed by atoms with Crippen molar-refractivity contribution in [3.05, 3.63) is 69.3 Å². The van der Waals surface area contributed by atoms with E-state index in [-0.39, 0.29) is 18.3 Å². The first-order valence-corrected chi connectivity index (χ1v) is 18.0. The lowest BCUT2D eigenvalue weighted by Crippen LogP contribution is -2.44. The molecule has 2 bridgehead atoms. The summed E-state index contributed by atoms with van der Waals surface area (Å²) in [6.45, 7) is 15.5. The minimum absolute atomic E-state index is 0.175. The molecule has 0 spiro atoms. The Hall–Kier alpha value is -2.40. The Labute approximate surface area is 285 Å². The second-order valence-corrected chi connectivity index (χ2v) is 14.4. The average molecular weight is 672 g/mol. The monoisotopic (exact) mass is 671 g/mol. The van der Waals surface area contributed by atoms with Crippen molar-refractivity contribution in [3.8, 4) is 0 Å². The van der Waals surface area contributed by atoms with Gasteiger partial charge in [-0.05, 0) is 59.1 Å². The number of rotatable bonds is 10. The molecular weight excluding hydrogens is 614 g/mol. The summed E-state index contributed by atoms with van der Waals surface area (Å²) in [7, 11) is 0. The zero-order chi connectivity index (χ0) is 34.7. The molecule has 0 aliphatic carbocycles. The van der Waals surface area contributed by atoms with Crippen molar-refractivity contribution in [2.45, 2.75) is 149 Å². The van der Waals surface area contributed by atoms with E-state index in [9.17, 15) is 20.1 Å². The van der Waals surface area contributed by atoms with Crippen LogP contribution in [0.15, 0.2) is 58.6 Å². The number of aliphatic hydroxyl groups is 3. The maximum absolute atomic E-state index is 14.0. The van der Waals surface area contributed by atoms with Gasteiger partial charge in [0, 0.05) is 35.6 Å². The number of carbonyl (C=O) groups excluding carboxylic acids is 1. The number of unbranched alkanes of at least 4 members (excludes halogenated alkanes) is 3. The van der Waals surface area contributed by atoms with Gasteiger partial charge in [-0.3, -0.25) is 0 Å². The highest BCUT2D eigenvalue weighted by molar-refractivity contribution is 7.09. The molecule has 8 nitrogen and oxygen atoms in total. The highest BCUT2D eigenvalue weighted by atomic mass is 32.1. The molecule has 3 N–H and O–H groups in total. The van der Waals surface area contributed by atoms with Crippen LogP contribution in [-0.2, 0) is 19.0 Å². The number of carbonyl (C=O) groups is 1. The van der Waals surface area contributed by atoms with E-state index in [2.05, 4.69) is 6.92 Å². The van der Waals surface area contributed by atoms with Crippen molar-refractivity contribution < 1.29 is 34.3 Å². The molecule has 0 amide bonds. The topological polar surface area (TPSA) is 118 Å². The highest BCUT2D eigenvalue weighted by Gasteiger charge is 2.50. The number of aromatic nitrogens is 1. The van der Waals surface area contributed by atoms with E-state index in [0.717, 1.165) is 41.8 Å². The van der Waals surface area contributed by atoms with Gasteiger partial charge < -0.3 is 29.5 Å². The molecule has 1 aromatic rings. The number of hydrogen-bond donors (Lipinski definition) is 3. The fraction of sp³-hybridized carbons (Fsp3) is 0.632. The van der Waals surface area contributed by atoms with Crippen molar-refractivity contribution in [2.24, 2.45) is 5.92 Å². The third kappa shape index (κ3) is 11.6. The molecule has 3 rings (SSSR count). The molecule has 1 saturated heterocycles. The number of hydrogen-bond acceptors (Lipinski definition) is 9. The largest absolute Gasteiger partial charge is 0.456 e. The summed E-state index contributed by atoms with van der Waals surface area (Å²) in [6, 6.07) is 0. The number of aliphatic hydroxyl groups excluding tert-OH is 3. The number of ether oxygens (including phenoxy) is 3. The third-order valence-corrected chi connectivity index (χ3v) is 10.1. The first-order valence-electron chi connectivity index (χ1n) is 17.2. The van der Waals surface area contributed by atoms with E-state index < -0.39 is 48.4 Å². The molecule has 2 aliphatic rings. The Balaban J connectivity index is 2.02. The van der Waals surface area contributed by atoms with Crippen LogP contribution in [0.25, 0.3) is 6.08 Å². The van der Waals surface area contributed by atoms with Crippen molar-refractivity contribution in [1.82, 2.24) is 4.98 Å². The summed E-state index contributed by atoms with van der Waals surface area (Å²) in [5.41, 5.74) is 3.04. The van der Waals surface area contributed by atoms with Gasteiger partial charge in [-0.15, -0.1) is 11.3 Å². The number of nitrogens with zero attached hydrogens (tertiary/aromatic N) is 1. The Kier molecular flexibility index (Phi) is 15.3. The maximum Gasteiger partial charge on any atom is 0.334 e. The molecule has 9 heteroatoms. The van der Waals surface area contributed by atoms with E-state index in [1.54, 1.807) is 24.3 Å². The van der Waals surface area contributed by atoms with Gasteiger partial charge in [0.05, 0.1) is 35.1 Å². The smallest absolute Gasteiger partial charge is 0.334 e. The molecule has 0 unspecified atom stereocenters. The van der Waals surface area contributed by atoms with Crippen LogP contribution in [0.1, 0.15) is 117 Å². The van der Waals surface area contributed by atoms with Crippen LogP contribution in [0.5, 0.6) is 0 Å². The summed E-state index contributed by atoms with van der Waals surface area (Å²) >= 11 is 1.43. The predicted octanol–water partition coefficient (Wildman–Crippen LogP) is 7.57. The summed E-state index contributed by atoms with van der Waals surface area (Å²) in [5, 5.41) is 35.4. The Bertz CT molecular complexity index is 1310. The molecule has 0 aromatic carbocycles. The van der Waals surface area contributed by atoms with E-state index in [1.165, 1.54) is 11.3 Å². The minimum Gasteiger partial charge on any atom is -0.456 e. The molecule has 1 fully saturated rings. The number of thiazole rings is 1. The van der Waals surface area contributed by atoms with Crippen molar-refractivity contribution in [1.29, 1.82) is 0 Å². The molecule has 1 aromatic heterocycles. The van der Waals surface area contributed by atoms with Gasteiger partial charge in [-0.2, -0.15) is 0 Å². The highest BCUT2D eigenvalue weighted by Crippen LogP contribution is 2.38. The Morgan fingerprint density at radius 2 is 1.91 bits per heavy atom. The van der Waals surface area contributed by atoms with Gasteiger partial charge in [0.15, 0.2) is 5.79 Å². The van der Waals surface area contributed by atoms with Crippen LogP contribution in [0.4, 0.5) is 0 Å². The average Bonchev–Trinajstić information content (AvgIpc) is 3.63. The zero-order valence-corrected chi connectivity index (χ0v) is 30.3. The molecule has 0 saturated carbocycles. The first kappa shape index (κ1) is 39.0. The third-order valence-electron chi connectivity index (χ3n) is 9.00. The summed E-state index contributed by atoms with van der Waals surface area (Å²) in [5.74, 6) is -2.03. The number of fused-ring (bicyclic) bond motifs is 2. The predicted molar refractivity (Wildman–Crippen MR) is 189 cm³/mol. The number of esters is 1. The van der Waals surface area contributed by atoms with Crippen molar-refractivity contribution >= 4 is 23.4 Å². The lowest BCUT2D eigenvalue weighted by molar-refractivity contribution is -0.169. The van der Waals surface area contributed by atoms with Gasteiger partial charge in [0.2, 0.25) is 0 Å². The SMILES string of the molecule is C/C=C(C)/C=C(\C)[C@@H](O)[C@H](C)[C@H]1OC(C)(C)O[C@H]1[C@@H]1C/C=C\C=C/[C@@H](O)C[C@H](O)[C@@H](C)c2nc(cs2)/C=C(/CCCCCC)C(=O)O1. The molecule has 2 aliphatic heterocycles. The quantitative estimate of drug-likeness (QED) is 0.132. The maximum atomic E-state index is 14.0. The van der Waals surface area contributed by atoms with Crippen LogP contribution < -0.4 is 0 Å². The van der Waals surface area contributed by atoms with Gasteiger partial charge in [0.1, 0.15) is 12.2 Å². The van der Waals surface area contributed by atoms with E-state index in [1.807, 2.05) is 72.1 Å². The van der Waals surface area contributed by atoms with Crippen molar-refractivity contribution in [3.63, 3.8) is 0 Å². The van der Waals surface area contributed by atoms with E-state index >= 15 is 0 Å². The summed E-state index contributed by atoms with van der Waals surface area (Å²) in [6.07, 6.45) is 13.5. The van der Waals surface area contributed by atoms with E-state index in [4.69, 9.17) is 19.2 Å². The minimum atomic E-state index is -0.957.